The summed E-state index contributed by atoms with van der Waals surface area (Å²) in [7, 11) is 0. The summed E-state index contributed by atoms with van der Waals surface area (Å²) in [6.45, 7) is 5.70. The number of hydrogen-bond acceptors (Lipinski definition) is 4. The van der Waals surface area contributed by atoms with Crippen molar-refractivity contribution in [2.75, 3.05) is 18.4 Å². The first-order valence-electron chi connectivity index (χ1n) is 10.3. The largest absolute Gasteiger partial charge is 0.386 e. The molecule has 0 radical (unpaired) electrons. The number of carbonyl (C=O) groups excluding carboxylic acids is 1. The summed E-state index contributed by atoms with van der Waals surface area (Å²) in [6.07, 6.45) is 3.41. The van der Waals surface area contributed by atoms with Crippen LogP contribution in [0.1, 0.15) is 35.6 Å². The Morgan fingerprint density at radius 3 is 2.53 bits per heavy atom. The second-order valence-electron chi connectivity index (χ2n) is 7.49. The summed E-state index contributed by atoms with van der Waals surface area (Å²) in [6, 6.07) is 6.21. The summed E-state index contributed by atoms with van der Waals surface area (Å²) >= 11 is 0. The Morgan fingerprint density at radius 2 is 1.91 bits per heavy atom. The van der Waals surface area contributed by atoms with Crippen LogP contribution in [0.5, 0.6) is 0 Å². The molecule has 1 amide bonds. The number of likely N-dealkylation sites (tertiary alicyclic amines) is 1. The standard InChI is InChI=1S/C21H19F3N4O2.C2H6/c1-12-2-5-16(15(23)8-12)27-19-13(3-4-14(22)18(19)24)20(29)28-10-21(30,11-28)9-17-25-6-7-26-17;1-2/h2-8,27,30H,9-11H2,1H3,(H,25,26);1-2H3. The van der Waals surface area contributed by atoms with Gasteiger partial charge in [0.05, 0.1) is 30.0 Å². The zero-order chi connectivity index (χ0) is 23.5. The van der Waals surface area contributed by atoms with Crippen molar-refractivity contribution in [1.29, 1.82) is 0 Å². The molecule has 0 saturated carbocycles. The van der Waals surface area contributed by atoms with Crippen LogP contribution in [0.25, 0.3) is 0 Å². The van der Waals surface area contributed by atoms with Crippen LogP contribution >= 0.6 is 0 Å². The van der Waals surface area contributed by atoms with Crippen molar-refractivity contribution in [2.24, 2.45) is 0 Å². The lowest BCUT2D eigenvalue weighted by Crippen LogP contribution is -2.64. The normalized spacial score (nSPS) is 14.3. The fourth-order valence-corrected chi connectivity index (χ4v) is 3.50. The number of H-pyrrole nitrogens is 1. The van der Waals surface area contributed by atoms with E-state index in [9.17, 15) is 23.1 Å². The predicted octanol–water partition coefficient (Wildman–Crippen LogP) is 4.33. The van der Waals surface area contributed by atoms with Crippen molar-refractivity contribution in [3.8, 4) is 0 Å². The third kappa shape index (κ3) is 4.77. The maximum atomic E-state index is 14.5. The minimum absolute atomic E-state index is 0.00383. The van der Waals surface area contributed by atoms with Gasteiger partial charge >= 0.3 is 0 Å². The molecule has 3 N–H and O–H groups in total. The smallest absolute Gasteiger partial charge is 0.256 e. The fraction of sp³-hybridized carbons (Fsp3) is 0.304. The van der Waals surface area contributed by atoms with Gasteiger partial charge in [0.15, 0.2) is 11.6 Å². The predicted molar refractivity (Wildman–Crippen MR) is 115 cm³/mol. The van der Waals surface area contributed by atoms with Crippen molar-refractivity contribution < 1.29 is 23.1 Å². The van der Waals surface area contributed by atoms with Crippen LogP contribution in [0.15, 0.2) is 42.7 Å². The van der Waals surface area contributed by atoms with Crippen LogP contribution in [0.4, 0.5) is 24.5 Å². The van der Waals surface area contributed by atoms with Crippen molar-refractivity contribution >= 4 is 17.3 Å². The third-order valence-corrected chi connectivity index (χ3v) is 5.02. The summed E-state index contributed by atoms with van der Waals surface area (Å²) < 4.78 is 42.6. The van der Waals surface area contributed by atoms with E-state index in [1.807, 2.05) is 13.8 Å². The van der Waals surface area contributed by atoms with Gasteiger partial charge in [0, 0.05) is 18.8 Å². The number of benzene rings is 2. The second kappa shape index (κ2) is 9.44. The summed E-state index contributed by atoms with van der Waals surface area (Å²) in [5.74, 6) is -3.14. The lowest BCUT2D eigenvalue weighted by Gasteiger charge is -2.46. The van der Waals surface area contributed by atoms with E-state index < -0.39 is 34.6 Å². The van der Waals surface area contributed by atoms with E-state index in [-0.39, 0.29) is 30.8 Å². The highest BCUT2D eigenvalue weighted by atomic mass is 19.2. The van der Waals surface area contributed by atoms with Crippen LogP contribution in [-0.4, -0.2) is 44.6 Å². The number of hydrogen-bond donors (Lipinski definition) is 3. The molecule has 32 heavy (non-hydrogen) atoms. The number of anilines is 2. The number of imidazole rings is 1. The first-order valence-corrected chi connectivity index (χ1v) is 10.3. The molecule has 0 spiro atoms. The number of nitrogens with zero attached hydrogens (tertiary/aromatic N) is 2. The lowest BCUT2D eigenvalue weighted by atomic mass is 9.89. The lowest BCUT2D eigenvalue weighted by molar-refractivity contribution is -0.0809. The maximum absolute atomic E-state index is 14.5. The number of aliphatic hydroxyl groups is 1. The molecule has 1 aliphatic rings. The van der Waals surface area contributed by atoms with Gasteiger partial charge in [-0.15, -0.1) is 0 Å². The average Bonchev–Trinajstić information content (AvgIpc) is 3.25. The van der Waals surface area contributed by atoms with Crippen molar-refractivity contribution in [3.05, 3.63) is 77.1 Å². The van der Waals surface area contributed by atoms with E-state index >= 15 is 0 Å². The summed E-state index contributed by atoms with van der Waals surface area (Å²) in [5, 5.41) is 13.1. The number of carbonyl (C=O) groups is 1. The van der Waals surface area contributed by atoms with E-state index in [0.717, 1.165) is 12.1 Å². The number of aromatic nitrogens is 2. The van der Waals surface area contributed by atoms with Gasteiger partial charge in [-0.25, -0.2) is 18.2 Å². The maximum Gasteiger partial charge on any atom is 0.256 e. The number of rotatable bonds is 5. The highest BCUT2D eigenvalue weighted by Crippen LogP contribution is 2.32. The average molecular weight is 446 g/mol. The second-order valence-corrected chi connectivity index (χ2v) is 7.49. The zero-order valence-corrected chi connectivity index (χ0v) is 18.0. The van der Waals surface area contributed by atoms with Crippen LogP contribution < -0.4 is 5.32 Å². The Bertz CT molecular complexity index is 1100. The summed E-state index contributed by atoms with van der Waals surface area (Å²) in [4.78, 5) is 21.1. The molecule has 2 aromatic carbocycles. The molecule has 0 unspecified atom stereocenters. The van der Waals surface area contributed by atoms with Crippen molar-refractivity contribution in [3.63, 3.8) is 0 Å². The number of amides is 1. The van der Waals surface area contributed by atoms with Gasteiger partial charge < -0.3 is 20.3 Å². The number of aryl methyl sites for hydroxylation is 1. The molecule has 0 atom stereocenters. The molecule has 1 fully saturated rings. The van der Waals surface area contributed by atoms with Crippen LogP contribution in [-0.2, 0) is 6.42 Å². The number of β-amino-alcohol motifs (C(OH)–C–C–N with tert-alkyl or cyclic N) is 1. The summed E-state index contributed by atoms with van der Waals surface area (Å²) in [5.41, 5.74) is -1.20. The van der Waals surface area contributed by atoms with Gasteiger partial charge in [0.2, 0.25) is 0 Å². The van der Waals surface area contributed by atoms with Gasteiger partial charge in [0.25, 0.3) is 5.91 Å². The highest BCUT2D eigenvalue weighted by Gasteiger charge is 2.45. The molecule has 4 rings (SSSR count). The monoisotopic (exact) mass is 446 g/mol. The molecule has 6 nitrogen and oxygen atoms in total. The minimum Gasteiger partial charge on any atom is -0.386 e. The van der Waals surface area contributed by atoms with E-state index in [1.54, 1.807) is 25.4 Å². The van der Waals surface area contributed by atoms with Crippen molar-refractivity contribution in [1.82, 2.24) is 14.9 Å². The topological polar surface area (TPSA) is 81.2 Å². The third-order valence-electron chi connectivity index (χ3n) is 5.02. The number of nitrogens with one attached hydrogen (secondary N) is 2. The molecule has 9 heteroatoms. The Kier molecular flexibility index (Phi) is 6.88. The first-order chi connectivity index (χ1) is 15.3. The molecular weight excluding hydrogens is 421 g/mol. The van der Waals surface area contributed by atoms with Gasteiger partial charge in [-0.05, 0) is 36.8 Å². The molecule has 0 bridgehead atoms. The van der Waals surface area contributed by atoms with Gasteiger partial charge in [-0.1, -0.05) is 19.9 Å². The fourth-order valence-electron chi connectivity index (χ4n) is 3.50. The van der Waals surface area contributed by atoms with Crippen molar-refractivity contribution in [2.45, 2.75) is 32.8 Å². The van der Waals surface area contributed by atoms with Crippen LogP contribution in [0.2, 0.25) is 0 Å². The molecule has 1 saturated heterocycles. The van der Waals surface area contributed by atoms with Gasteiger partial charge in [-0.2, -0.15) is 0 Å². The highest BCUT2D eigenvalue weighted by molar-refractivity contribution is 6.01. The van der Waals surface area contributed by atoms with E-state index in [1.165, 1.54) is 17.0 Å². The minimum atomic E-state index is -1.29. The van der Waals surface area contributed by atoms with Crippen LogP contribution in [0.3, 0.4) is 0 Å². The Hall–Kier alpha value is -3.33. The molecule has 0 aliphatic carbocycles. The Balaban J connectivity index is 0.00000141. The quantitative estimate of drug-likeness (QED) is 0.545. The first kappa shape index (κ1) is 23.3. The molecule has 1 aromatic heterocycles. The van der Waals surface area contributed by atoms with E-state index in [2.05, 4.69) is 15.3 Å². The SMILES string of the molecule is CC.Cc1ccc(Nc2c(C(=O)N3CC(O)(Cc4ncc[nH]4)C3)ccc(F)c2F)c(F)c1. The van der Waals surface area contributed by atoms with E-state index in [4.69, 9.17) is 0 Å². The number of halogens is 3. The van der Waals surface area contributed by atoms with Crippen LogP contribution in [0, 0.1) is 24.4 Å². The molecule has 3 aromatic rings. The number of aromatic amines is 1. The van der Waals surface area contributed by atoms with Gasteiger partial charge in [-0.3, -0.25) is 4.79 Å². The molecule has 2 heterocycles. The van der Waals surface area contributed by atoms with Gasteiger partial charge in [0.1, 0.15) is 17.2 Å². The van der Waals surface area contributed by atoms with E-state index in [0.29, 0.717) is 11.4 Å². The Morgan fingerprint density at radius 1 is 1.19 bits per heavy atom. The molecule has 1 aliphatic heterocycles. The zero-order valence-electron chi connectivity index (χ0n) is 18.0. The molecule has 170 valence electrons. The Labute approximate surface area is 184 Å². The molecular formula is C23H25F3N4O2.